The first-order chi connectivity index (χ1) is 20.8. The number of methoxy groups -OCH3 is 1. The molecule has 0 aromatic heterocycles. The molecule has 10 nitrogen and oxygen atoms in total. The molecule has 0 amide bonds. The number of hydrogen-bond donors (Lipinski definition) is 3. The Morgan fingerprint density at radius 3 is 2.11 bits per heavy atom. The molecule has 0 spiro atoms. The predicted molar refractivity (Wildman–Crippen MR) is 164 cm³/mol. The van der Waals surface area contributed by atoms with Crippen LogP contribution in [0.3, 0.4) is 0 Å². The van der Waals surface area contributed by atoms with E-state index >= 15 is 0 Å². The van der Waals surface area contributed by atoms with E-state index in [2.05, 4.69) is 4.58 Å². The third-order valence-corrected chi connectivity index (χ3v) is 7.96. The van der Waals surface area contributed by atoms with Crippen molar-refractivity contribution in [1.29, 1.82) is 0 Å². The Morgan fingerprint density at radius 2 is 1.49 bits per heavy atom. The third-order valence-electron chi connectivity index (χ3n) is 7.96. The summed E-state index contributed by atoms with van der Waals surface area (Å²) in [5, 5.41) is 0. The first-order valence-electron chi connectivity index (χ1n) is 14.7. The van der Waals surface area contributed by atoms with Crippen molar-refractivity contribution in [2.75, 3.05) is 33.4 Å². The largest absolute Gasteiger partial charge is 1.00 e. The fourth-order valence-electron chi connectivity index (χ4n) is 5.51. The van der Waals surface area contributed by atoms with Crippen molar-refractivity contribution in [1.82, 2.24) is 0 Å². The highest BCUT2D eigenvalue weighted by molar-refractivity contribution is 5.93. The average molecular weight is 659 g/mol. The van der Waals surface area contributed by atoms with Gasteiger partial charge >= 0.3 is 11.9 Å². The van der Waals surface area contributed by atoms with E-state index in [0.29, 0.717) is 23.8 Å². The highest BCUT2D eigenvalue weighted by Crippen LogP contribution is 2.29. The molecule has 2 heterocycles. The summed E-state index contributed by atoms with van der Waals surface area (Å²) in [6.07, 6.45) is 1.67. The zero-order valence-corrected chi connectivity index (χ0v) is 27.1. The van der Waals surface area contributed by atoms with Gasteiger partial charge in [0.05, 0.1) is 45.5 Å². The Balaban J connectivity index is 0.00000276. The summed E-state index contributed by atoms with van der Waals surface area (Å²) in [5.74, 6) is 2.72. The standard InChI is InChI=1S/C33H39N5O5.2ClH/c1-3-41-32(39)30(43-29-13-4-22-14-17-38(33(35)36)21-25(22)20-29)23-5-11-27(12-6-23)42-28-15-18-37(19-16-28)31(34)24-7-9-26(40-2)10-8-24;;/h4-13,20,28,30,34H,3,14-19,21H2,1-2H3,(H3,35,36);2*1H. The summed E-state index contributed by atoms with van der Waals surface area (Å²) in [6, 6.07) is 21.1. The molecule has 2 aliphatic rings. The first kappa shape index (κ1) is 35.3. The van der Waals surface area contributed by atoms with E-state index in [4.69, 9.17) is 36.1 Å². The van der Waals surface area contributed by atoms with Crippen LogP contribution in [0.2, 0.25) is 0 Å². The minimum atomic E-state index is -0.919. The second-order valence-corrected chi connectivity index (χ2v) is 10.8. The Morgan fingerprint density at radius 1 is 0.844 bits per heavy atom. The number of hydrogen-bond acceptors (Lipinski definition) is 5. The number of esters is 1. The van der Waals surface area contributed by atoms with Crippen molar-refractivity contribution >= 4 is 17.8 Å². The molecule has 0 bridgehead atoms. The number of fused-ring (bicyclic) bond motifs is 1. The highest BCUT2D eigenvalue weighted by Gasteiger charge is 2.27. The molecule has 1 atom stereocenters. The second-order valence-electron chi connectivity index (χ2n) is 10.8. The van der Waals surface area contributed by atoms with Crippen LogP contribution in [0.1, 0.15) is 48.1 Å². The lowest BCUT2D eigenvalue weighted by Crippen LogP contribution is -3.00. The van der Waals surface area contributed by atoms with Gasteiger partial charge in [-0.3, -0.25) is 26.4 Å². The van der Waals surface area contributed by atoms with E-state index < -0.39 is 12.1 Å². The molecule has 6 N–H and O–H groups in total. The monoisotopic (exact) mass is 657 g/mol. The zero-order chi connectivity index (χ0) is 30.3. The molecule has 1 fully saturated rings. The van der Waals surface area contributed by atoms with Crippen molar-refractivity contribution in [3.63, 3.8) is 0 Å². The number of guanidine groups is 1. The van der Waals surface area contributed by atoms with E-state index in [1.54, 1.807) is 14.0 Å². The third kappa shape index (κ3) is 8.73. The highest BCUT2D eigenvalue weighted by atomic mass is 35.5. The number of rotatable bonds is 9. The SMILES string of the molecule is CCOC(=O)C(Oc1ccc2c(c1)C[N+](=C(N)N)CC2)c1ccc(OC2CC[N+](=C(N)c3ccc(OC)cc3)CC2)cc1.[Cl-].[Cl-]. The van der Waals surface area contributed by atoms with Gasteiger partial charge < -0.3 is 43.8 Å². The van der Waals surface area contributed by atoms with Crippen LogP contribution < -0.4 is 56.2 Å². The van der Waals surface area contributed by atoms with Gasteiger partial charge in [0.25, 0.3) is 5.84 Å². The number of nitrogens with two attached hydrogens (primary N) is 3. The molecule has 3 aromatic rings. The molecule has 242 valence electrons. The van der Waals surface area contributed by atoms with Gasteiger partial charge in [-0.05, 0) is 66.6 Å². The average Bonchev–Trinajstić information content (AvgIpc) is 3.04. The summed E-state index contributed by atoms with van der Waals surface area (Å²) < 4.78 is 27.2. The maximum Gasteiger partial charge on any atom is 0.352 e. The van der Waals surface area contributed by atoms with Gasteiger partial charge in [0, 0.05) is 24.8 Å². The summed E-state index contributed by atoms with van der Waals surface area (Å²) >= 11 is 0. The van der Waals surface area contributed by atoms with Crippen LogP contribution in [0.25, 0.3) is 0 Å². The molecule has 0 saturated carbocycles. The fraction of sp³-hybridized carbons (Fsp3) is 0.364. The molecule has 5 rings (SSSR count). The van der Waals surface area contributed by atoms with Crippen LogP contribution in [0, 0.1) is 0 Å². The Kier molecular flexibility index (Phi) is 12.8. The zero-order valence-electron chi connectivity index (χ0n) is 25.6. The maximum atomic E-state index is 13.0. The predicted octanol–water partition coefficient (Wildman–Crippen LogP) is -3.31. The summed E-state index contributed by atoms with van der Waals surface area (Å²) in [6.45, 7) is 4.99. The molecule has 2 aliphatic heterocycles. The number of halogens is 2. The maximum absolute atomic E-state index is 13.0. The number of piperidine rings is 1. The summed E-state index contributed by atoms with van der Waals surface area (Å²) in [7, 11) is 1.65. The molecule has 0 aliphatic carbocycles. The van der Waals surface area contributed by atoms with Crippen molar-refractivity contribution in [3.8, 4) is 17.2 Å². The van der Waals surface area contributed by atoms with Gasteiger partial charge in [0.1, 0.15) is 23.4 Å². The Hall–Kier alpha value is -4.15. The molecular formula is C33H41Cl2N5O5. The van der Waals surface area contributed by atoms with Crippen LogP contribution in [0.15, 0.2) is 66.7 Å². The topological polar surface area (TPSA) is 138 Å². The van der Waals surface area contributed by atoms with Gasteiger partial charge in [0.2, 0.25) is 6.10 Å². The van der Waals surface area contributed by atoms with Crippen molar-refractivity contribution in [2.45, 2.75) is 44.9 Å². The molecule has 0 radical (unpaired) electrons. The molecule has 12 heteroatoms. The number of carbonyl (C=O) groups excluding carboxylic acids is 1. The number of benzene rings is 3. The minimum absolute atomic E-state index is 0. The Labute approximate surface area is 276 Å². The van der Waals surface area contributed by atoms with Crippen LogP contribution in [-0.2, 0) is 22.5 Å². The van der Waals surface area contributed by atoms with Gasteiger partial charge in [-0.2, -0.15) is 0 Å². The van der Waals surface area contributed by atoms with Crippen LogP contribution in [0.5, 0.6) is 17.2 Å². The van der Waals surface area contributed by atoms with Crippen molar-refractivity contribution in [2.24, 2.45) is 17.2 Å². The van der Waals surface area contributed by atoms with Crippen molar-refractivity contribution < 1.29 is 57.7 Å². The lowest BCUT2D eigenvalue weighted by atomic mass is 10.0. The molecule has 1 unspecified atom stereocenters. The molecule has 3 aromatic carbocycles. The van der Waals surface area contributed by atoms with Gasteiger partial charge in [0.15, 0.2) is 0 Å². The molecule has 1 saturated heterocycles. The van der Waals surface area contributed by atoms with E-state index in [1.165, 1.54) is 5.56 Å². The van der Waals surface area contributed by atoms with E-state index in [0.717, 1.165) is 67.4 Å². The van der Waals surface area contributed by atoms with Crippen molar-refractivity contribution in [3.05, 3.63) is 89.0 Å². The van der Waals surface area contributed by atoms with E-state index in [1.807, 2.05) is 71.3 Å². The minimum Gasteiger partial charge on any atom is -1.00 e. The number of amidine groups is 1. The van der Waals surface area contributed by atoms with E-state index in [9.17, 15) is 4.79 Å². The smallest absolute Gasteiger partial charge is 0.352 e. The summed E-state index contributed by atoms with van der Waals surface area (Å²) in [5.41, 5.74) is 22.0. The number of ether oxygens (including phenoxy) is 4. The van der Waals surface area contributed by atoms with Gasteiger partial charge in [-0.1, -0.05) is 18.2 Å². The quantitative estimate of drug-likeness (QED) is 0.124. The van der Waals surface area contributed by atoms with Gasteiger partial charge in [-0.25, -0.2) is 4.79 Å². The summed E-state index contributed by atoms with van der Waals surface area (Å²) in [4.78, 5) is 13.0. The number of carbonyl (C=O) groups is 1. The number of nitrogens with zero attached hydrogens (tertiary/aromatic N) is 2. The van der Waals surface area contributed by atoms with Gasteiger partial charge in [-0.15, -0.1) is 0 Å². The molecular weight excluding hydrogens is 617 g/mol. The second kappa shape index (κ2) is 16.2. The normalized spacial score (nSPS) is 16.2. The van der Waals surface area contributed by atoms with E-state index in [-0.39, 0.29) is 37.5 Å². The van der Waals surface area contributed by atoms with Crippen LogP contribution in [0.4, 0.5) is 0 Å². The van der Waals surface area contributed by atoms with Crippen LogP contribution >= 0.6 is 0 Å². The first-order valence-corrected chi connectivity index (χ1v) is 14.7. The Bertz CT molecular complexity index is 1500. The lowest BCUT2D eigenvalue weighted by Gasteiger charge is -2.25. The lowest BCUT2D eigenvalue weighted by molar-refractivity contribution is -0.549. The fourth-order valence-corrected chi connectivity index (χ4v) is 5.51. The van der Waals surface area contributed by atoms with Crippen LogP contribution in [-0.4, -0.2) is 66.4 Å². The molecule has 45 heavy (non-hydrogen) atoms.